The Morgan fingerprint density at radius 2 is 2.03 bits per heavy atom. The summed E-state index contributed by atoms with van der Waals surface area (Å²) in [6.07, 6.45) is 6.49. The van der Waals surface area contributed by atoms with Crippen LogP contribution in [0.5, 0.6) is 0 Å². The number of aryl methyl sites for hydroxylation is 1. The van der Waals surface area contributed by atoms with Gasteiger partial charge in [-0.05, 0) is 80.8 Å². The highest BCUT2D eigenvalue weighted by Gasteiger charge is 2.54. The fraction of sp³-hybridized carbons (Fsp3) is 0.429. The Labute approximate surface area is 200 Å². The fourth-order valence-electron chi connectivity index (χ4n) is 6.61. The predicted molar refractivity (Wildman–Crippen MR) is 132 cm³/mol. The predicted octanol–water partition coefficient (Wildman–Crippen LogP) is 5.11. The average Bonchev–Trinajstić information content (AvgIpc) is 3.43. The Hall–Kier alpha value is -3.28. The summed E-state index contributed by atoms with van der Waals surface area (Å²) in [6, 6.07) is 10.9. The molecule has 6 heteroatoms. The first-order valence-corrected chi connectivity index (χ1v) is 12.4. The van der Waals surface area contributed by atoms with Gasteiger partial charge in [0.05, 0.1) is 16.7 Å². The molecule has 0 fully saturated rings. The molecular formula is C28H31N5O. The van der Waals surface area contributed by atoms with Crippen LogP contribution in [0.4, 0.5) is 0 Å². The van der Waals surface area contributed by atoms with Crippen LogP contribution in [0.15, 0.2) is 69.3 Å². The van der Waals surface area contributed by atoms with Crippen molar-refractivity contribution < 1.29 is 4.79 Å². The Morgan fingerprint density at radius 1 is 1.18 bits per heavy atom. The van der Waals surface area contributed by atoms with Gasteiger partial charge in [0.15, 0.2) is 6.17 Å². The lowest BCUT2D eigenvalue weighted by molar-refractivity contribution is -0.120. The molecule has 0 radical (unpaired) electrons. The van der Waals surface area contributed by atoms with E-state index in [-0.39, 0.29) is 17.6 Å². The second kappa shape index (κ2) is 7.36. The van der Waals surface area contributed by atoms with Gasteiger partial charge in [0.25, 0.3) is 5.91 Å². The maximum absolute atomic E-state index is 13.7. The molecule has 2 unspecified atom stereocenters. The van der Waals surface area contributed by atoms with E-state index in [0.717, 1.165) is 60.2 Å². The minimum Gasteiger partial charge on any atom is -0.362 e. The molecule has 1 aromatic heterocycles. The van der Waals surface area contributed by atoms with E-state index in [9.17, 15) is 4.79 Å². The van der Waals surface area contributed by atoms with Crippen LogP contribution in [0.25, 0.3) is 11.1 Å². The monoisotopic (exact) mass is 453 g/mol. The van der Waals surface area contributed by atoms with E-state index in [1.807, 2.05) is 13.1 Å². The summed E-state index contributed by atoms with van der Waals surface area (Å²) in [4.78, 5) is 18.3. The fourth-order valence-corrected chi connectivity index (χ4v) is 6.61. The average molecular weight is 454 g/mol. The zero-order chi connectivity index (χ0) is 23.7. The van der Waals surface area contributed by atoms with Crippen molar-refractivity contribution in [2.24, 2.45) is 10.2 Å². The van der Waals surface area contributed by atoms with Gasteiger partial charge in [0.2, 0.25) is 0 Å². The molecule has 2 aromatic rings. The first-order chi connectivity index (χ1) is 16.3. The normalized spacial score (nSPS) is 26.7. The molecule has 0 spiro atoms. The van der Waals surface area contributed by atoms with E-state index in [0.29, 0.717) is 0 Å². The smallest absolute Gasteiger partial charge is 0.250 e. The van der Waals surface area contributed by atoms with Crippen LogP contribution in [0.1, 0.15) is 63.8 Å². The number of benzene rings is 1. The van der Waals surface area contributed by atoms with Crippen LogP contribution in [0.2, 0.25) is 0 Å². The van der Waals surface area contributed by atoms with E-state index in [2.05, 4.69) is 76.9 Å². The van der Waals surface area contributed by atoms with Crippen LogP contribution in [0, 0.1) is 0 Å². The molecule has 2 atom stereocenters. The van der Waals surface area contributed by atoms with Crippen molar-refractivity contribution in [1.29, 1.82) is 0 Å². The molecule has 0 saturated carbocycles. The quantitative estimate of drug-likeness (QED) is 0.678. The van der Waals surface area contributed by atoms with Crippen LogP contribution >= 0.6 is 0 Å². The van der Waals surface area contributed by atoms with Crippen molar-refractivity contribution in [3.63, 3.8) is 0 Å². The van der Waals surface area contributed by atoms with E-state index in [1.54, 1.807) is 0 Å². The van der Waals surface area contributed by atoms with Crippen molar-refractivity contribution in [1.82, 2.24) is 15.6 Å². The number of carbonyl (C=O) groups excluding carboxylic acids is 1. The summed E-state index contributed by atoms with van der Waals surface area (Å²) in [7, 11) is 0. The van der Waals surface area contributed by atoms with Gasteiger partial charge >= 0.3 is 0 Å². The highest BCUT2D eigenvalue weighted by atomic mass is 16.2. The van der Waals surface area contributed by atoms with Gasteiger partial charge in [-0.15, -0.1) is 0 Å². The second-order valence-electron chi connectivity index (χ2n) is 10.6. The van der Waals surface area contributed by atoms with Crippen molar-refractivity contribution in [2.75, 3.05) is 0 Å². The van der Waals surface area contributed by atoms with Crippen molar-refractivity contribution in [3.8, 4) is 11.1 Å². The standard InChI is InChI=1S/C28H31N5O/c1-5-28(18-9-6-8-17(14-18)19-12-13-29-21-11-7-10-20(19)21)23-16(2)32-33-25(23)30-22-15-27(3,4)31-26(34)24(22)28/h6,8-9,12-14,25,30H,5,7,10-11,15H2,1-4H3,(H,31,34). The number of azo groups is 1. The first-order valence-electron chi connectivity index (χ1n) is 12.4. The molecule has 34 heavy (non-hydrogen) atoms. The number of carbonyl (C=O) groups is 1. The third kappa shape index (κ3) is 2.93. The summed E-state index contributed by atoms with van der Waals surface area (Å²) < 4.78 is 0. The minimum absolute atomic E-state index is 0.00135. The summed E-state index contributed by atoms with van der Waals surface area (Å²) in [5.41, 5.74) is 9.09. The van der Waals surface area contributed by atoms with Gasteiger partial charge in [-0.2, -0.15) is 10.2 Å². The van der Waals surface area contributed by atoms with Gasteiger partial charge in [-0.1, -0.05) is 25.1 Å². The topological polar surface area (TPSA) is 78.7 Å². The molecule has 1 aromatic carbocycles. The summed E-state index contributed by atoms with van der Waals surface area (Å²) >= 11 is 0. The number of rotatable bonds is 3. The lowest BCUT2D eigenvalue weighted by Crippen LogP contribution is -2.58. The number of nitrogens with zero attached hydrogens (tertiary/aromatic N) is 3. The zero-order valence-electron chi connectivity index (χ0n) is 20.3. The molecule has 4 aliphatic rings. The van der Waals surface area contributed by atoms with E-state index < -0.39 is 5.41 Å². The molecule has 1 amide bonds. The number of amides is 1. The molecule has 0 bridgehead atoms. The molecular weight excluding hydrogens is 422 g/mol. The Balaban J connectivity index is 1.59. The molecule has 2 N–H and O–H groups in total. The summed E-state index contributed by atoms with van der Waals surface area (Å²) in [5.74, 6) is 0.00135. The van der Waals surface area contributed by atoms with Crippen LogP contribution in [-0.4, -0.2) is 22.6 Å². The minimum atomic E-state index is -0.578. The van der Waals surface area contributed by atoms with E-state index >= 15 is 0 Å². The molecule has 0 saturated heterocycles. The number of nitrogens with one attached hydrogen (secondary N) is 2. The SMILES string of the molecule is CCC1(c2cccc(-c3ccnc4c3CCC4)c2)C2=C(CC(C)(C)NC2=O)NC2N=NC(C)=C21. The molecule has 4 heterocycles. The highest BCUT2D eigenvalue weighted by molar-refractivity contribution is 6.00. The number of aromatic nitrogens is 1. The zero-order valence-corrected chi connectivity index (χ0v) is 20.3. The Kier molecular flexibility index (Phi) is 4.60. The van der Waals surface area contributed by atoms with E-state index in [1.165, 1.54) is 22.4 Å². The van der Waals surface area contributed by atoms with Gasteiger partial charge in [0, 0.05) is 35.1 Å². The van der Waals surface area contributed by atoms with Gasteiger partial charge in [0.1, 0.15) is 0 Å². The first kappa shape index (κ1) is 21.3. The van der Waals surface area contributed by atoms with Crippen molar-refractivity contribution in [2.45, 2.75) is 76.9 Å². The van der Waals surface area contributed by atoms with Crippen molar-refractivity contribution in [3.05, 3.63) is 75.9 Å². The molecule has 174 valence electrons. The van der Waals surface area contributed by atoms with Crippen LogP contribution in [-0.2, 0) is 23.1 Å². The maximum Gasteiger partial charge on any atom is 0.250 e. The third-order valence-corrected chi connectivity index (χ3v) is 7.97. The molecule has 6 nitrogen and oxygen atoms in total. The molecule has 1 aliphatic carbocycles. The Morgan fingerprint density at radius 3 is 2.85 bits per heavy atom. The number of pyridine rings is 1. The molecule has 3 aliphatic heterocycles. The Bertz CT molecular complexity index is 1320. The van der Waals surface area contributed by atoms with Crippen LogP contribution < -0.4 is 10.6 Å². The lowest BCUT2D eigenvalue weighted by atomic mass is 9.61. The summed E-state index contributed by atoms with van der Waals surface area (Å²) in [6.45, 7) is 8.33. The largest absolute Gasteiger partial charge is 0.362 e. The van der Waals surface area contributed by atoms with E-state index in [4.69, 9.17) is 0 Å². The summed E-state index contributed by atoms with van der Waals surface area (Å²) in [5, 5.41) is 15.9. The van der Waals surface area contributed by atoms with Gasteiger partial charge in [-0.25, -0.2) is 0 Å². The number of fused-ring (bicyclic) bond motifs is 2. The van der Waals surface area contributed by atoms with Crippen molar-refractivity contribution >= 4 is 5.91 Å². The third-order valence-electron chi connectivity index (χ3n) is 7.97. The number of hydrogen-bond donors (Lipinski definition) is 2. The van der Waals surface area contributed by atoms with Gasteiger partial charge < -0.3 is 10.6 Å². The van der Waals surface area contributed by atoms with Gasteiger partial charge in [-0.3, -0.25) is 9.78 Å². The second-order valence-corrected chi connectivity index (χ2v) is 10.6. The maximum atomic E-state index is 13.7. The lowest BCUT2D eigenvalue weighted by Gasteiger charge is -2.48. The van der Waals surface area contributed by atoms with Crippen LogP contribution in [0.3, 0.4) is 0 Å². The molecule has 6 rings (SSSR count). The highest BCUT2D eigenvalue weighted by Crippen LogP contribution is 2.53. The number of hydrogen-bond acceptors (Lipinski definition) is 5. The number of allylic oxidation sites excluding steroid dienone is 1.